The molecule has 1 heterocycles. The van der Waals surface area contributed by atoms with Crippen molar-refractivity contribution >= 4 is 40.9 Å². The number of hydrogen-bond acceptors (Lipinski definition) is 7. The highest BCUT2D eigenvalue weighted by molar-refractivity contribution is 7.14. The standard InChI is InChI=1S/C22H24N4O6S/c1-22(2,3)32-21(31)26-16(20(29)30)10-13-4-6-14(7-5-13)25-18(27)12-24-19(28)17-9-8-15(11-23)33-17/h4-9,16H,10,12H2,1-3H3,(H,24,28)(H,25,27)(H,26,31)(H,29,30). The Bertz CT molecular complexity index is 1070. The number of thiophene rings is 1. The largest absolute Gasteiger partial charge is 0.480 e. The molecule has 0 aliphatic carbocycles. The van der Waals surface area contributed by atoms with Crippen LogP contribution in [0.15, 0.2) is 36.4 Å². The van der Waals surface area contributed by atoms with Gasteiger partial charge in [0, 0.05) is 12.1 Å². The Kier molecular flexibility index (Phi) is 8.53. The summed E-state index contributed by atoms with van der Waals surface area (Å²) in [5.41, 5.74) is 0.319. The number of ether oxygens (including phenoxy) is 1. The molecule has 0 radical (unpaired) electrons. The predicted molar refractivity (Wildman–Crippen MR) is 121 cm³/mol. The number of carbonyl (C=O) groups excluding carboxylic acids is 3. The van der Waals surface area contributed by atoms with E-state index in [1.54, 1.807) is 45.0 Å². The van der Waals surface area contributed by atoms with E-state index in [-0.39, 0.29) is 13.0 Å². The lowest BCUT2D eigenvalue weighted by Gasteiger charge is -2.22. The summed E-state index contributed by atoms with van der Waals surface area (Å²) < 4.78 is 5.09. The molecular formula is C22H24N4O6S. The maximum atomic E-state index is 12.1. The molecule has 0 aliphatic heterocycles. The van der Waals surface area contributed by atoms with Crippen molar-refractivity contribution in [1.29, 1.82) is 5.26 Å². The first-order valence-corrected chi connectivity index (χ1v) is 10.7. The molecule has 2 rings (SSSR count). The molecule has 1 aromatic heterocycles. The van der Waals surface area contributed by atoms with E-state index < -0.39 is 35.5 Å². The Morgan fingerprint density at radius 3 is 2.33 bits per heavy atom. The molecule has 1 aromatic carbocycles. The van der Waals surface area contributed by atoms with E-state index in [0.717, 1.165) is 11.3 Å². The fourth-order valence-corrected chi connectivity index (χ4v) is 3.30. The van der Waals surface area contributed by atoms with E-state index in [1.165, 1.54) is 12.1 Å². The zero-order chi connectivity index (χ0) is 24.6. The number of carboxylic acid groups (broad SMARTS) is 1. The molecule has 2 aromatic rings. The topological polar surface area (TPSA) is 158 Å². The summed E-state index contributed by atoms with van der Waals surface area (Å²) in [5.74, 6) is -2.12. The Labute approximate surface area is 194 Å². The smallest absolute Gasteiger partial charge is 0.408 e. The number of rotatable bonds is 8. The Hall–Kier alpha value is -3.91. The molecule has 174 valence electrons. The molecule has 4 N–H and O–H groups in total. The number of nitrogens with zero attached hydrogens (tertiary/aromatic N) is 1. The zero-order valence-electron chi connectivity index (χ0n) is 18.3. The minimum absolute atomic E-state index is 0.0182. The van der Waals surface area contributed by atoms with Gasteiger partial charge in [0.05, 0.1) is 11.4 Å². The van der Waals surface area contributed by atoms with E-state index >= 15 is 0 Å². The molecule has 10 nitrogen and oxygen atoms in total. The highest BCUT2D eigenvalue weighted by Gasteiger charge is 2.24. The lowest BCUT2D eigenvalue weighted by Crippen LogP contribution is -2.44. The summed E-state index contributed by atoms with van der Waals surface area (Å²) >= 11 is 1.03. The first-order chi connectivity index (χ1) is 15.5. The van der Waals surface area contributed by atoms with Gasteiger partial charge in [-0.25, -0.2) is 9.59 Å². The van der Waals surface area contributed by atoms with Gasteiger partial charge >= 0.3 is 12.1 Å². The van der Waals surface area contributed by atoms with Crippen LogP contribution in [-0.4, -0.2) is 47.2 Å². The number of benzene rings is 1. The van der Waals surface area contributed by atoms with Gasteiger partial charge in [0.1, 0.15) is 22.6 Å². The fourth-order valence-electron chi connectivity index (χ4n) is 2.58. The predicted octanol–water partition coefficient (Wildman–Crippen LogP) is 2.51. The highest BCUT2D eigenvalue weighted by Crippen LogP contribution is 2.15. The normalized spacial score (nSPS) is 11.6. The van der Waals surface area contributed by atoms with Crippen LogP contribution in [-0.2, 0) is 20.7 Å². The number of amides is 3. The maximum Gasteiger partial charge on any atom is 0.408 e. The second kappa shape index (κ2) is 11.1. The van der Waals surface area contributed by atoms with Gasteiger partial charge in [-0.15, -0.1) is 11.3 Å². The van der Waals surface area contributed by atoms with Crippen LogP contribution < -0.4 is 16.0 Å². The molecule has 33 heavy (non-hydrogen) atoms. The van der Waals surface area contributed by atoms with E-state index in [0.29, 0.717) is 21.0 Å². The molecule has 0 aliphatic rings. The average molecular weight is 473 g/mol. The molecule has 0 saturated carbocycles. The van der Waals surface area contributed by atoms with Gasteiger partial charge in [0.15, 0.2) is 0 Å². The van der Waals surface area contributed by atoms with Crippen LogP contribution in [0, 0.1) is 11.3 Å². The van der Waals surface area contributed by atoms with Gasteiger partial charge in [-0.3, -0.25) is 9.59 Å². The van der Waals surface area contributed by atoms with Crippen LogP contribution in [0.4, 0.5) is 10.5 Å². The summed E-state index contributed by atoms with van der Waals surface area (Å²) in [7, 11) is 0. The molecule has 0 spiro atoms. The minimum Gasteiger partial charge on any atom is -0.480 e. The number of anilines is 1. The zero-order valence-corrected chi connectivity index (χ0v) is 19.1. The summed E-state index contributed by atoms with van der Waals surface area (Å²) in [5, 5.41) is 25.6. The maximum absolute atomic E-state index is 12.1. The van der Waals surface area contributed by atoms with Gasteiger partial charge in [-0.05, 0) is 50.6 Å². The molecule has 0 fully saturated rings. The van der Waals surface area contributed by atoms with Crippen LogP contribution in [0.5, 0.6) is 0 Å². The number of alkyl carbamates (subject to hydrolysis) is 1. The summed E-state index contributed by atoms with van der Waals surface area (Å²) in [6.45, 7) is 4.76. The van der Waals surface area contributed by atoms with Crippen molar-refractivity contribution < 1.29 is 29.0 Å². The van der Waals surface area contributed by atoms with E-state index in [9.17, 15) is 24.3 Å². The van der Waals surface area contributed by atoms with E-state index in [4.69, 9.17) is 10.00 Å². The fraction of sp³-hybridized carbons (Fsp3) is 0.318. The monoisotopic (exact) mass is 472 g/mol. The Balaban J connectivity index is 1.87. The van der Waals surface area contributed by atoms with Crippen LogP contribution in [0.3, 0.4) is 0 Å². The van der Waals surface area contributed by atoms with Crippen molar-refractivity contribution in [2.75, 3.05) is 11.9 Å². The van der Waals surface area contributed by atoms with Crippen molar-refractivity contribution in [2.24, 2.45) is 0 Å². The molecule has 0 saturated heterocycles. The number of hydrogen-bond donors (Lipinski definition) is 4. The SMILES string of the molecule is CC(C)(C)OC(=O)NC(Cc1ccc(NC(=O)CNC(=O)c2ccc(C#N)s2)cc1)C(=O)O. The van der Waals surface area contributed by atoms with Crippen LogP contribution in [0.1, 0.15) is 40.9 Å². The van der Waals surface area contributed by atoms with Crippen molar-refractivity contribution in [2.45, 2.75) is 38.8 Å². The van der Waals surface area contributed by atoms with Crippen LogP contribution in [0.2, 0.25) is 0 Å². The molecular weight excluding hydrogens is 448 g/mol. The Morgan fingerprint density at radius 1 is 1.12 bits per heavy atom. The van der Waals surface area contributed by atoms with Crippen molar-refractivity contribution in [3.05, 3.63) is 51.7 Å². The minimum atomic E-state index is -1.21. The van der Waals surface area contributed by atoms with Crippen molar-refractivity contribution in [3.8, 4) is 6.07 Å². The number of aliphatic carboxylic acids is 1. The lowest BCUT2D eigenvalue weighted by atomic mass is 10.1. The van der Waals surface area contributed by atoms with Gasteiger partial charge in [0.25, 0.3) is 5.91 Å². The van der Waals surface area contributed by atoms with Crippen LogP contribution in [0.25, 0.3) is 0 Å². The number of carbonyl (C=O) groups is 4. The molecule has 1 unspecified atom stereocenters. The molecule has 3 amide bonds. The summed E-state index contributed by atoms with van der Waals surface area (Å²) in [6.07, 6.45) is -0.808. The summed E-state index contributed by atoms with van der Waals surface area (Å²) in [6, 6.07) is 10.2. The molecule has 11 heteroatoms. The van der Waals surface area contributed by atoms with Gasteiger partial charge < -0.3 is 25.8 Å². The average Bonchev–Trinajstić information content (AvgIpc) is 3.21. The second-order valence-electron chi connectivity index (χ2n) is 7.94. The third kappa shape index (κ3) is 8.62. The second-order valence-corrected chi connectivity index (χ2v) is 9.03. The first-order valence-electron chi connectivity index (χ1n) is 9.86. The third-order valence-electron chi connectivity index (χ3n) is 4.02. The number of nitrogens with one attached hydrogen (secondary N) is 3. The van der Waals surface area contributed by atoms with Gasteiger partial charge in [0.2, 0.25) is 5.91 Å². The molecule has 0 bridgehead atoms. The first kappa shape index (κ1) is 25.4. The van der Waals surface area contributed by atoms with Crippen molar-refractivity contribution in [3.63, 3.8) is 0 Å². The quantitative estimate of drug-likeness (QED) is 0.459. The lowest BCUT2D eigenvalue weighted by molar-refractivity contribution is -0.139. The van der Waals surface area contributed by atoms with Gasteiger partial charge in [-0.1, -0.05) is 12.1 Å². The Morgan fingerprint density at radius 2 is 1.79 bits per heavy atom. The van der Waals surface area contributed by atoms with Gasteiger partial charge in [-0.2, -0.15) is 5.26 Å². The number of carboxylic acids is 1. The number of nitriles is 1. The third-order valence-corrected chi connectivity index (χ3v) is 5.00. The van der Waals surface area contributed by atoms with Crippen LogP contribution >= 0.6 is 11.3 Å². The van der Waals surface area contributed by atoms with Crippen molar-refractivity contribution in [1.82, 2.24) is 10.6 Å². The van der Waals surface area contributed by atoms with E-state index in [1.807, 2.05) is 6.07 Å². The van der Waals surface area contributed by atoms with E-state index in [2.05, 4.69) is 16.0 Å². The summed E-state index contributed by atoms with van der Waals surface area (Å²) in [4.78, 5) is 48.2. The highest BCUT2D eigenvalue weighted by atomic mass is 32.1. The molecule has 1 atom stereocenters.